The first kappa shape index (κ1) is 17.1. The van der Waals surface area contributed by atoms with Crippen molar-refractivity contribution in [3.8, 4) is 0 Å². The van der Waals surface area contributed by atoms with Gasteiger partial charge in [0, 0.05) is 13.1 Å². The number of benzene rings is 1. The van der Waals surface area contributed by atoms with Crippen LogP contribution in [-0.2, 0) is 6.42 Å². The molecular weight excluding hydrogens is 319 g/mol. The largest absolute Gasteiger partial charge is 0.401 e. The van der Waals surface area contributed by atoms with E-state index in [-0.39, 0.29) is 18.0 Å². The van der Waals surface area contributed by atoms with Crippen molar-refractivity contribution in [1.29, 1.82) is 0 Å². The lowest BCUT2D eigenvalue weighted by Crippen LogP contribution is -2.40. The van der Waals surface area contributed by atoms with Crippen LogP contribution in [0.15, 0.2) is 24.3 Å². The number of carbonyl (C=O) groups excluding carboxylic acids is 1. The van der Waals surface area contributed by atoms with E-state index in [9.17, 15) is 18.0 Å². The van der Waals surface area contributed by atoms with Crippen LogP contribution in [0.3, 0.4) is 0 Å². The molecule has 4 nitrogen and oxygen atoms in total. The molecule has 1 aliphatic carbocycles. The number of aryl methyl sites for hydroxylation is 1. The first-order valence-corrected chi connectivity index (χ1v) is 8.32. The number of rotatable bonds is 4. The fourth-order valence-electron chi connectivity index (χ4n) is 3.63. The van der Waals surface area contributed by atoms with Gasteiger partial charge in [0.25, 0.3) is 0 Å². The van der Waals surface area contributed by atoms with E-state index in [1.54, 1.807) is 0 Å². The summed E-state index contributed by atoms with van der Waals surface area (Å²) in [5.41, 5.74) is 2.42. The van der Waals surface area contributed by atoms with E-state index in [4.69, 9.17) is 0 Å². The Hall–Kier alpha value is -1.76. The van der Waals surface area contributed by atoms with Crippen molar-refractivity contribution < 1.29 is 18.0 Å². The molecule has 1 heterocycles. The number of alkyl halides is 3. The third-order valence-corrected chi connectivity index (χ3v) is 4.76. The summed E-state index contributed by atoms with van der Waals surface area (Å²) in [5.74, 6) is 0.0777. The minimum atomic E-state index is -4.16. The van der Waals surface area contributed by atoms with E-state index in [0.717, 1.165) is 18.4 Å². The summed E-state index contributed by atoms with van der Waals surface area (Å²) in [4.78, 5) is 13.5. The second-order valence-electron chi connectivity index (χ2n) is 6.65. The van der Waals surface area contributed by atoms with Crippen LogP contribution in [0.25, 0.3) is 0 Å². The standard InChI is InChI=1S/C17H22F3N3O/c18-17(19,20)11-23-8-7-12(10-23)9-21-16(24)22-15-6-5-13-3-1-2-4-14(13)15/h1-4,12,15H,5-11H2,(H2,21,22,24)/t12-,15+/m0/s1. The molecule has 0 aromatic heterocycles. The van der Waals surface area contributed by atoms with Crippen molar-refractivity contribution in [2.24, 2.45) is 5.92 Å². The fraction of sp³-hybridized carbons (Fsp3) is 0.588. The number of fused-ring (bicyclic) bond motifs is 1. The molecule has 24 heavy (non-hydrogen) atoms. The van der Waals surface area contributed by atoms with Gasteiger partial charge < -0.3 is 10.6 Å². The molecule has 0 spiro atoms. The number of nitrogens with one attached hydrogen (secondary N) is 2. The van der Waals surface area contributed by atoms with Crippen LogP contribution in [-0.4, -0.2) is 43.3 Å². The minimum absolute atomic E-state index is 0.0199. The molecule has 1 aromatic rings. The first-order chi connectivity index (χ1) is 11.4. The van der Waals surface area contributed by atoms with E-state index in [1.165, 1.54) is 10.5 Å². The number of nitrogens with zero attached hydrogens (tertiary/aromatic N) is 1. The second kappa shape index (κ2) is 7.01. The quantitative estimate of drug-likeness (QED) is 0.884. The highest BCUT2D eigenvalue weighted by molar-refractivity contribution is 5.74. The number of urea groups is 1. The second-order valence-corrected chi connectivity index (χ2v) is 6.65. The molecule has 0 bridgehead atoms. The van der Waals surface area contributed by atoms with Gasteiger partial charge in [-0.3, -0.25) is 4.90 Å². The summed E-state index contributed by atoms with van der Waals surface area (Å²) in [7, 11) is 0. The van der Waals surface area contributed by atoms with E-state index < -0.39 is 12.7 Å². The third kappa shape index (κ3) is 4.41. The highest BCUT2D eigenvalue weighted by atomic mass is 19.4. The van der Waals surface area contributed by atoms with Crippen LogP contribution >= 0.6 is 0 Å². The van der Waals surface area contributed by atoms with Gasteiger partial charge in [-0.2, -0.15) is 13.2 Å². The van der Waals surface area contributed by atoms with Crippen molar-refractivity contribution in [3.05, 3.63) is 35.4 Å². The summed E-state index contributed by atoms with van der Waals surface area (Å²) >= 11 is 0. The smallest absolute Gasteiger partial charge is 0.338 e. The lowest BCUT2D eigenvalue weighted by molar-refractivity contribution is -0.143. The van der Waals surface area contributed by atoms with Gasteiger partial charge in [-0.25, -0.2) is 4.79 Å². The number of likely N-dealkylation sites (tertiary alicyclic amines) is 1. The van der Waals surface area contributed by atoms with E-state index >= 15 is 0 Å². The molecule has 1 aromatic carbocycles. The lowest BCUT2D eigenvalue weighted by Gasteiger charge is -2.19. The first-order valence-electron chi connectivity index (χ1n) is 8.32. The van der Waals surface area contributed by atoms with Crippen molar-refractivity contribution in [3.63, 3.8) is 0 Å². The Kier molecular flexibility index (Phi) is 4.99. The molecular formula is C17H22F3N3O. The molecule has 132 valence electrons. The molecule has 1 saturated heterocycles. The SMILES string of the molecule is O=C(NC[C@@H]1CCN(CC(F)(F)F)C1)N[C@@H]1CCc2ccccc21. The topological polar surface area (TPSA) is 44.4 Å². The van der Waals surface area contributed by atoms with Crippen LogP contribution in [0, 0.1) is 5.92 Å². The Morgan fingerprint density at radius 2 is 2.04 bits per heavy atom. The Bertz CT molecular complexity index is 591. The van der Waals surface area contributed by atoms with Gasteiger partial charge in [0.15, 0.2) is 0 Å². The molecule has 2 amide bonds. The van der Waals surface area contributed by atoms with Gasteiger partial charge in [0.1, 0.15) is 0 Å². The summed E-state index contributed by atoms with van der Waals surface area (Å²) in [6, 6.07) is 7.83. The van der Waals surface area contributed by atoms with Gasteiger partial charge >= 0.3 is 12.2 Å². The monoisotopic (exact) mass is 341 g/mol. The zero-order chi connectivity index (χ0) is 17.2. The van der Waals surface area contributed by atoms with Crippen molar-refractivity contribution in [1.82, 2.24) is 15.5 Å². The molecule has 2 atom stereocenters. The average Bonchev–Trinajstić information content (AvgIpc) is 3.11. The summed E-state index contributed by atoms with van der Waals surface area (Å²) in [6.45, 7) is 0.360. The van der Waals surface area contributed by atoms with E-state index in [1.807, 2.05) is 18.2 Å². The number of carbonyl (C=O) groups is 1. The normalized spacial score (nSPS) is 24.0. The Balaban J connectivity index is 1.41. The summed E-state index contributed by atoms with van der Waals surface area (Å²) in [6.07, 6.45) is -1.64. The Labute approximate surface area is 139 Å². The maximum atomic E-state index is 12.4. The number of hydrogen-bond donors (Lipinski definition) is 2. The molecule has 2 N–H and O–H groups in total. The number of halogens is 3. The van der Waals surface area contributed by atoms with Crippen molar-refractivity contribution in [2.75, 3.05) is 26.2 Å². The lowest BCUT2D eigenvalue weighted by atomic mass is 10.1. The predicted molar refractivity (Wildman–Crippen MR) is 84.6 cm³/mol. The third-order valence-electron chi connectivity index (χ3n) is 4.76. The van der Waals surface area contributed by atoms with Gasteiger partial charge in [0.2, 0.25) is 0 Å². The zero-order valence-electron chi connectivity index (χ0n) is 13.4. The fourth-order valence-corrected chi connectivity index (χ4v) is 3.63. The molecule has 3 rings (SSSR count). The molecule has 1 aliphatic heterocycles. The molecule has 7 heteroatoms. The highest BCUT2D eigenvalue weighted by Crippen LogP contribution is 2.30. The molecule has 0 unspecified atom stereocenters. The Morgan fingerprint density at radius 3 is 2.83 bits per heavy atom. The maximum absolute atomic E-state index is 12.4. The van der Waals surface area contributed by atoms with Crippen LogP contribution in [0.5, 0.6) is 0 Å². The molecule has 2 aliphatic rings. The molecule has 0 saturated carbocycles. The predicted octanol–water partition coefficient (Wildman–Crippen LogP) is 2.86. The highest BCUT2D eigenvalue weighted by Gasteiger charge is 2.34. The summed E-state index contributed by atoms with van der Waals surface area (Å²) in [5, 5.41) is 5.77. The van der Waals surface area contributed by atoms with Crippen LogP contribution in [0.1, 0.15) is 30.0 Å². The minimum Gasteiger partial charge on any atom is -0.338 e. The van der Waals surface area contributed by atoms with Gasteiger partial charge in [-0.1, -0.05) is 24.3 Å². The van der Waals surface area contributed by atoms with Gasteiger partial charge in [-0.05, 0) is 42.9 Å². The van der Waals surface area contributed by atoms with Crippen LogP contribution in [0.2, 0.25) is 0 Å². The van der Waals surface area contributed by atoms with Gasteiger partial charge in [-0.15, -0.1) is 0 Å². The average molecular weight is 341 g/mol. The van der Waals surface area contributed by atoms with Gasteiger partial charge in [0.05, 0.1) is 12.6 Å². The maximum Gasteiger partial charge on any atom is 0.401 e. The molecule has 1 fully saturated rings. The number of amides is 2. The van der Waals surface area contributed by atoms with Crippen molar-refractivity contribution >= 4 is 6.03 Å². The number of hydrogen-bond acceptors (Lipinski definition) is 2. The molecule has 0 radical (unpaired) electrons. The van der Waals surface area contributed by atoms with Crippen LogP contribution < -0.4 is 10.6 Å². The van der Waals surface area contributed by atoms with E-state index in [2.05, 4.69) is 16.7 Å². The van der Waals surface area contributed by atoms with Crippen LogP contribution in [0.4, 0.5) is 18.0 Å². The Morgan fingerprint density at radius 1 is 1.25 bits per heavy atom. The van der Waals surface area contributed by atoms with Crippen molar-refractivity contribution in [2.45, 2.75) is 31.5 Å². The summed E-state index contributed by atoms with van der Waals surface area (Å²) < 4.78 is 37.1. The zero-order valence-corrected chi connectivity index (χ0v) is 13.4. The van der Waals surface area contributed by atoms with E-state index in [0.29, 0.717) is 26.1 Å².